The van der Waals surface area contributed by atoms with E-state index >= 15 is 0 Å². The van der Waals surface area contributed by atoms with Crippen molar-refractivity contribution in [2.24, 2.45) is 10.5 Å². The van der Waals surface area contributed by atoms with Gasteiger partial charge in [0.2, 0.25) is 15.9 Å². The maximum absolute atomic E-state index is 14.1. The lowest BCUT2D eigenvalue weighted by Gasteiger charge is -2.40. The van der Waals surface area contributed by atoms with Crippen LogP contribution in [0, 0.1) is 5.41 Å². The third-order valence-corrected chi connectivity index (χ3v) is 10.3. The van der Waals surface area contributed by atoms with E-state index in [1.165, 1.54) is 5.01 Å². The second kappa shape index (κ2) is 12.4. The molecule has 0 spiro atoms. The fraction of sp³-hybridized carbons (Fsp3) is 0.500. The first-order valence-electron chi connectivity index (χ1n) is 14.2. The van der Waals surface area contributed by atoms with Crippen LogP contribution in [0.1, 0.15) is 30.4 Å². The minimum Gasteiger partial charge on any atom is -0.375 e. The molecule has 0 aromatic heterocycles. The average molecular weight is 582 g/mol. The molecule has 3 heterocycles. The maximum Gasteiger partial charge on any atom is 0.256 e. The number of sulfonamides is 1. The Labute approximate surface area is 242 Å². The number of fused-ring (bicyclic) bond motifs is 1. The molecule has 10 nitrogen and oxygen atoms in total. The Morgan fingerprint density at radius 3 is 2.32 bits per heavy atom. The summed E-state index contributed by atoms with van der Waals surface area (Å²) in [5.74, 6) is -0.541. The summed E-state index contributed by atoms with van der Waals surface area (Å²) in [5, 5.41) is 5.33. The van der Waals surface area contributed by atoms with Gasteiger partial charge in [-0.3, -0.25) is 9.59 Å². The van der Waals surface area contributed by atoms with Crippen LogP contribution in [0.2, 0.25) is 0 Å². The highest BCUT2D eigenvalue weighted by molar-refractivity contribution is 7.90. The number of likely N-dealkylation sites (tertiary alicyclic amines) is 2. The summed E-state index contributed by atoms with van der Waals surface area (Å²) in [5.41, 5.74) is 1.69. The van der Waals surface area contributed by atoms with E-state index < -0.39 is 26.7 Å². The van der Waals surface area contributed by atoms with Crippen LogP contribution in [-0.4, -0.2) is 98.9 Å². The number of nitrogens with one attached hydrogen (secondary N) is 1. The number of carbonyl (C=O) groups excluding carboxylic acids is 2. The standard InChI is InChI=1S/C30H39N5O5S/c1-33-16-13-25(14-17-33)41(38,39)32-26(21-40-20-24-11-7-4-8-12-24)28(36)35-18-15-27-30(22-35,29(37)34(2)31-27)19-23-9-5-3-6-10-23/h3-12,25-26,32H,13-22H2,1-2H3. The van der Waals surface area contributed by atoms with E-state index in [0.29, 0.717) is 45.3 Å². The number of hydrogen-bond donors (Lipinski definition) is 1. The number of hydrazone groups is 1. The second-order valence-electron chi connectivity index (χ2n) is 11.3. The van der Waals surface area contributed by atoms with Crippen LogP contribution < -0.4 is 4.72 Å². The first kappa shape index (κ1) is 29.4. The van der Waals surface area contributed by atoms with E-state index in [2.05, 4.69) is 14.7 Å². The summed E-state index contributed by atoms with van der Waals surface area (Å²) < 4.78 is 35.6. The molecule has 2 aromatic rings. The zero-order chi connectivity index (χ0) is 29.0. The largest absolute Gasteiger partial charge is 0.375 e. The topological polar surface area (TPSA) is 112 Å². The predicted molar refractivity (Wildman–Crippen MR) is 156 cm³/mol. The summed E-state index contributed by atoms with van der Waals surface area (Å²) in [4.78, 5) is 31.3. The molecule has 11 heteroatoms. The lowest BCUT2D eigenvalue weighted by molar-refractivity contribution is -0.141. The highest BCUT2D eigenvalue weighted by Crippen LogP contribution is 2.38. The van der Waals surface area contributed by atoms with E-state index in [4.69, 9.17) is 4.74 Å². The van der Waals surface area contributed by atoms with Crippen molar-refractivity contribution in [2.45, 2.75) is 43.6 Å². The van der Waals surface area contributed by atoms with Crippen LogP contribution >= 0.6 is 0 Å². The van der Waals surface area contributed by atoms with Gasteiger partial charge in [-0.05, 0) is 50.5 Å². The Morgan fingerprint density at radius 2 is 1.66 bits per heavy atom. The Morgan fingerprint density at radius 1 is 1.02 bits per heavy atom. The predicted octanol–water partition coefficient (Wildman–Crippen LogP) is 1.87. The SMILES string of the molecule is CN1CCC(S(=O)(=O)NC(COCc2ccccc2)C(=O)N2CCC3=NN(C)C(=O)C3(Cc3ccccc3)C2)CC1. The molecule has 220 valence electrons. The monoisotopic (exact) mass is 581 g/mol. The van der Waals surface area contributed by atoms with Crippen LogP contribution in [-0.2, 0) is 37.4 Å². The van der Waals surface area contributed by atoms with E-state index in [-0.39, 0.29) is 31.6 Å². The molecule has 2 aromatic carbocycles. The summed E-state index contributed by atoms with van der Waals surface area (Å²) in [6.07, 6.45) is 1.86. The number of benzene rings is 2. The van der Waals surface area contributed by atoms with Crippen molar-refractivity contribution < 1.29 is 22.7 Å². The Balaban J connectivity index is 1.36. The Hall–Kier alpha value is -3.12. The minimum atomic E-state index is -3.79. The van der Waals surface area contributed by atoms with Crippen molar-refractivity contribution in [1.29, 1.82) is 0 Å². The van der Waals surface area contributed by atoms with Gasteiger partial charge in [-0.1, -0.05) is 60.7 Å². The van der Waals surface area contributed by atoms with Gasteiger partial charge >= 0.3 is 0 Å². The first-order valence-corrected chi connectivity index (χ1v) is 15.7. The lowest BCUT2D eigenvalue weighted by Crippen LogP contribution is -2.60. The molecule has 2 fully saturated rings. The van der Waals surface area contributed by atoms with Crippen LogP contribution in [0.5, 0.6) is 0 Å². The van der Waals surface area contributed by atoms with Gasteiger partial charge in [-0.15, -0.1) is 0 Å². The van der Waals surface area contributed by atoms with Crippen molar-refractivity contribution in [3.8, 4) is 0 Å². The molecule has 5 rings (SSSR count). The van der Waals surface area contributed by atoms with Gasteiger partial charge < -0.3 is 14.5 Å². The number of hydrogen-bond acceptors (Lipinski definition) is 7. The van der Waals surface area contributed by atoms with E-state index in [9.17, 15) is 18.0 Å². The summed E-state index contributed by atoms with van der Waals surface area (Å²) >= 11 is 0. The number of ether oxygens (including phenoxy) is 1. The van der Waals surface area contributed by atoms with Gasteiger partial charge in [0.15, 0.2) is 0 Å². The van der Waals surface area contributed by atoms with Gasteiger partial charge in [-0.25, -0.2) is 18.1 Å². The maximum atomic E-state index is 14.1. The van der Waals surface area contributed by atoms with Gasteiger partial charge in [0, 0.05) is 26.6 Å². The molecule has 3 aliphatic rings. The van der Waals surface area contributed by atoms with Crippen LogP contribution in [0.25, 0.3) is 0 Å². The van der Waals surface area contributed by atoms with Crippen LogP contribution in [0.3, 0.4) is 0 Å². The fourth-order valence-electron chi connectivity index (χ4n) is 6.05. The van der Waals surface area contributed by atoms with Gasteiger partial charge in [0.1, 0.15) is 11.5 Å². The molecule has 41 heavy (non-hydrogen) atoms. The molecule has 0 radical (unpaired) electrons. The molecular formula is C30H39N5O5S. The Kier molecular flexibility index (Phi) is 8.88. The Bertz CT molecular complexity index is 1360. The molecule has 0 bridgehead atoms. The molecule has 2 atom stereocenters. The van der Waals surface area contributed by atoms with Crippen molar-refractivity contribution >= 4 is 27.5 Å². The molecule has 3 aliphatic heterocycles. The van der Waals surface area contributed by atoms with Crippen molar-refractivity contribution in [3.63, 3.8) is 0 Å². The zero-order valence-electron chi connectivity index (χ0n) is 23.7. The average Bonchev–Trinajstić information content (AvgIpc) is 3.22. The van der Waals surface area contributed by atoms with Crippen LogP contribution in [0.4, 0.5) is 0 Å². The van der Waals surface area contributed by atoms with Crippen molar-refractivity contribution in [1.82, 2.24) is 19.5 Å². The van der Waals surface area contributed by atoms with Crippen molar-refractivity contribution in [3.05, 3.63) is 71.8 Å². The fourth-order valence-corrected chi connectivity index (χ4v) is 7.64. The second-order valence-corrected chi connectivity index (χ2v) is 13.3. The molecule has 1 N–H and O–H groups in total. The summed E-state index contributed by atoms with van der Waals surface area (Å²) in [7, 11) is -0.174. The minimum absolute atomic E-state index is 0.115. The number of nitrogens with zero attached hydrogens (tertiary/aromatic N) is 4. The number of rotatable bonds is 10. The van der Waals surface area contributed by atoms with E-state index in [1.54, 1.807) is 11.9 Å². The highest BCUT2D eigenvalue weighted by Gasteiger charge is 2.54. The number of amides is 2. The molecule has 0 saturated carbocycles. The summed E-state index contributed by atoms with van der Waals surface area (Å²) in [6, 6.07) is 18.1. The smallest absolute Gasteiger partial charge is 0.256 e. The van der Waals surface area contributed by atoms with Gasteiger partial charge in [-0.2, -0.15) is 5.10 Å². The number of carbonyl (C=O) groups is 2. The molecule has 2 amide bonds. The van der Waals surface area contributed by atoms with Crippen LogP contribution in [0.15, 0.2) is 65.8 Å². The molecular weight excluding hydrogens is 542 g/mol. The highest BCUT2D eigenvalue weighted by atomic mass is 32.2. The van der Waals surface area contributed by atoms with Gasteiger partial charge in [0.25, 0.3) is 5.91 Å². The molecule has 2 saturated heterocycles. The molecule has 2 unspecified atom stereocenters. The van der Waals surface area contributed by atoms with Gasteiger partial charge in [0.05, 0.1) is 24.2 Å². The summed E-state index contributed by atoms with van der Waals surface area (Å²) in [6.45, 7) is 1.98. The normalized spacial score (nSPS) is 22.9. The lowest BCUT2D eigenvalue weighted by atomic mass is 9.73. The quantitative estimate of drug-likeness (QED) is 0.459. The van der Waals surface area contributed by atoms with E-state index in [1.807, 2.05) is 67.7 Å². The molecule has 0 aliphatic carbocycles. The number of piperidine rings is 2. The third-order valence-electron chi connectivity index (χ3n) is 8.37. The van der Waals surface area contributed by atoms with Crippen molar-refractivity contribution in [2.75, 3.05) is 46.9 Å². The third kappa shape index (κ3) is 6.53. The zero-order valence-corrected chi connectivity index (χ0v) is 24.6. The first-order chi connectivity index (χ1) is 19.7. The van der Waals surface area contributed by atoms with E-state index in [0.717, 1.165) is 16.8 Å².